The summed E-state index contributed by atoms with van der Waals surface area (Å²) in [4.78, 5) is 22.8. The molecule has 27 heavy (non-hydrogen) atoms. The number of hydrogen-bond donors (Lipinski definition) is 1. The lowest BCUT2D eigenvalue weighted by atomic mass is 10.1. The summed E-state index contributed by atoms with van der Waals surface area (Å²) in [5, 5.41) is 14.7. The molecule has 0 aliphatic carbocycles. The van der Waals surface area contributed by atoms with Crippen LogP contribution >= 0.6 is 23.2 Å². The fourth-order valence-corrected chi connectivity index (χ4v) is 2.95. The molecule has 2 aromatic carbocycles. The quantitative estimate of drug-likeness (QED) is 0.531. The van der Waals surface area contributed by atoms with E-state index in [-0.39, 0.29) is 23.2 Å². The van der Waals surface area contributed by atoms with Crippen molar-refractivity contribution in [3.8, 4) is 11.5 Å². The average Bonchev–Trinajstić information content (AvgIpc) is 2.61. The molecule has 2 atom stereocenters. The number of non-ortho nitro benzene ring substituents is 1. The van der Waals surface area contributed by atoms with Gasteiger partial charge >= 0.3 is 0 Å². The van der Waals surface area contributed by atoms with Gasteiger partial charge in [0.25, 0.3) is 11.6 Å². The minimum absolute atomic E-state index is 0.103. The summed E-state index contributed by atoms with van der Waals surface area (Å²) in [5.41, 5.74) is 0.536. The zero-order valence-corrected chi connectivity index (χ0v) is 16.4. The van der Waals surface area contributed by atoms with Crippen LogP contribution in [0.4, 0.5) is 5.69 Å². The summed E-state index contributed by atoms with van der Waals surface area (Å²) in [6.07, 6.45) is -0.922. The maximum Gasteiger partial charge on any atom is 0.273 e. The van der Waals surface area contributed by atoms with Crippen molar-refractivity contribution in [2.75, 3.05) is 7.11 Å². The highest BCUT2D eigenvalue weighted by Crippen LogP contribution is 2.32. The van der Waals surface area contributed by atoms with Crippen molar-refractivity contribution in [1.82, 2.24) is 5.32 Å². The van der Waals surface area contributed by atoms with E-state index < -0.39 is 16.9 Å². The number of halogens is 2. The van der Waals surface area contributed by atoms with Crippen LogP contribution in [0, 0.1) is 10.1 Å². The number of methoxy groups -OCH3 is 1. The molecule has 0 aromatic heterocycles. The van der Waals surface area contributed by atoms with Gasteiger partial charge in [-0.3, -0.25) is 14.9 Å². The van der Waals surface area contributed by atoms with Crippen LogP contribution in [-0.4, -0.2) is 24.0 Å². The molecule has 0 fully saturated rings. The van der Waals surface area contributed by atoms with Crippen molar-refractivity contribution < 1.29 is 19.2 Å². The first-order chi connectivity index (χ1) is 12.7. The van der Waals surface area contributed by atoms with Crippen LogP contribution < -0.4 is 14.8 Å². The van der Waals surface area contributed by atoms with E-state index in [1.165, 1.54) is 32.2 Å². The summed E-state index contributed by atoms with van der Waals surface area (Å²) in [6.45, 7) is 3.30. The first-order valence-corrected chi connectivity index (χ1v) is 8.73. The van der Waals surface area contributed by atoms with Crippen molar-refractivity contribution in [2.24, 2.45) is 0 Å². The summed E-state index contributed by atoms with van der Waals surface area (Å²) >= 11 is 12.0. The highest BCUT2D eigenvalue weighted by Gasteiger charge is 2.22. The number of benzene rings is 2. The second kappa shape index (κ2) is 8.92. The molecule has 2 aromatic rings. The van der Waals surface area contributed by atoms with Gasteiger partial charge in [0.1, 0.15) is 0 Å². The Morgan fingerprint density at radius 2 is 1.85 bits per heavy atom. The summed E-state index contributed by atoms with van der Waals surface area (Å²) in [5.74, 6) is -0.0253. The van der Waals surface area contributed by atoms with Gasteiger partial charge in [0, 0.05) is 16.1 Å². The lowest BCUT2D eigenvalue weighted by molar-refractivity contribution is -0.385. The molecule has 0 saturated carbocycles. The highest BCUT2D eigenvalue weighted by atomic mass is 35.5. The fourth-order valence-electron chi connectivity index (χ4n) is 2.38. The van der Waals surface area contributed by atoms with Crippen molar-refractivity contribution in [3.05, 3.63) is 62.1 Å². The molecule has 0 aliphatic heterocycles. The van der Waals surface area contributed by atoms with Crippen molar-refractivity contribution in [1.29, 1.82) is 0 Å². The van der Waals surface area contributed by atoms with Gasteiger partial charge < -0.3 is 14.8 Å². The number of rotatable bonds is 7. The van der Waals surface area contributed by atoms with Crippen molar-refractivity contribution >= 4 is 34.8 Å². The number of nitro benzene ring substituents is 1. The average molecular weight is 413 g/mol. The zero-order valence-electron chi connectivity index (χ0n) is 14.9. The molecule has 0 unspecified atom stereocenters. The molecule has 9 heteroatoms. The number of nitrogens with one attached hydrogen (secondary N) is 1. The molecule has 0 spiro atoms. The first kappa shape index (κ1) is 20.8. The van der Waals surface area contributed by atoms with E-state index in [1.54, 1.807) is 25.1 Å². The maximum absolute atomic E-state index is 12.4. The Morgan fingerprint density at radius 1 is 1.15 bits per heavy atom. The molecule has 0 saturated heterocycles. The third kappa shape index (κ3) is 5.24. The van der Waals surface area contributed by atoms with Gasteiger partial charge in [-0.1, -0.05) is 29.3 Å². The maximum atomic E-state index is 12.4. The van der Waals surface area contributed by atoms with Gasteiger partial charge in [0.2, 0.25) is 0 Å². The van der Waals surface area contributed by atoms with Crippen LogP contribution in [0.25, 0.3) is 0 Å². The largest absolute Gasteiger partial charge is 0.493 e. The van der Waals surface area contributed by atoms with Crippen LogP contribution in [0.2, 0.25) is 10.0 Å². The first-order valence-electron chi connectivity index (χ1n) is 7.97. The van der Waals surface area contributed by atoms with Gasteiger partial charge in [0.15, 0.2) is 17.6 Å². The highest BCUT2D eigenvalue weighted by molar-refractivity contribution is 6.35. The molecule has 0 aliphatic rings. The Bertz CT molecular complexity index is 860. The van der Waals surface area contributed by atoms with E-state index in [1.807, 2.05) is 0 Å². The second-order valence-electron chi connectivity index (χ2n) is 5.75. The van der Waals surface area contributed by atoms with Gasteiger partial charge in [0.05, 0.1) is 24.1 Å². The lowest BCUT2D eigenvalue weighted by Gasteiger charge is -2.20. The molecule has 2 rings (SSSR count). The Kier molecular flexibility index (Phi) is 6.87. The third-order valence-corrected chi connectivity index (χ3v) is 4.38. The molecule has 0 bridgehead atoms. The Balaban J connectivity index is 2.11. The van der Waals surface area contributed by atoms with Crippen LogP contribution in [0.15, 0.2) is 36.4 Å². The Morgan fingerprint density at radius 3 is 2.44 bits per heavy atom. The number of carbonyl (C=O) groups excluding carboxylic acids is 1. The van der Waals surface area contributed by atoms with Gasteiger partial charge in [-0.05, 0) is 37.6 Å². The third-order valence-electron chi connectivity index (χ3n) is 3.82. The Labute approximate surface area is 166 Å². The summed E-state index contributed by atoms with van der Waals surface area (Å²) in [7, 11) is 1.41. The van der Waals surface area contributed by atoms with E-state index >= 15 is 0 Å². The van der Waals surface area contributed by atoms with Gasteiger partial charge in [-0.15, -0.1) is 0 Å². The molecule has 0 heterocycles. The number of nitrogens with zero attached hydrogens (tertiary/aromatic N) is 1. The smallest absolute Gasteiger partial charge is 0.273 e. The number of ether oxygens (including phenoxy) is 2. The fraction of sp³-hybridized carbons (Fsp3) is 0.278. The van der Waals surface area contributed by atoms with E-state index in [2.05, 4.69) is 5.32 Å². The molecule has 144 valence electrons. The molecular formula is C18H18Cl2N2O5. The van der Waals surface area contributed by atoms with Crippen molar-refractivity contribution in [3.63, 3.8) is 0 Å². The molecule has 7 nitrogen and oxygen atoms in total. The SMILES string of the molecule is COc1ccc([N+](=O)[O-])cc1O[C@H](C)C(=O)N[C@@H](C)c1ccc(Cl)cc1Cl. The van der Waals surface area contributed by atoms with Crippen LogP contribution in [0.1, 0.15) is 25.5 Å². The predicted molar refractivity (Wildman–Crippen MR) is 103 cm³/mol. The summed E-state index contributed by atoms with van der Waals surface area (Å²) < 4.78 is 10.7. The van der Waals surface area contributed by atoms with E-state index in [9.17, 15) is 14.9 Å². The Hall–Kier alpha value is -2.51. The van der Waals surface area contributed by atoms with Crippen LogP contribution in [0.3, 0.4) is 0 Å². The molecule has 0 radical (unpaired) electrons. The van der Waals surface area contributed by atoms with E-state index in [4.69, 9.17) is 32.7 Å². The normalized spacial score (nSPS) is 12.8. The van der Waals surface area contributed by atoms with Gasteiger partial charge in [-0.25, -0.2) is 0 Å². The second-order valence-corrected chi connectivity index (χ2v) is 6.59. The number of carbonyl (C=O) groups is 1. The molecule has 1 amide bonds. The summed E-state index contributed by atoms with van der Waals surface area (Å²) in [6, 6.07) is 8.52. The lowest BCUT2D eigenvalue weighted by Crippen LogP contribution is -2.37. The van der Waals surface area contributed by atoms with Crippen molar-refractivity contribution in [2.45, 2.75) is 26.0 Å². The number of hydrogen-bond acceptors (Lipinski definition) is 5. The van der Waals surface area contributed by atoms with Gasteiger partial charge in [-0.2, -0.15) is 0 Å². The number of nitro groups is 1. The standard InChI is InChI=1S/C18H18Cl2N2O5/c1-10(14-6-4-12(19)8-15(14)20)21-18(23)11(2)27-17-9-13(22(24)25)5-7-16(17)26-3/h4-11H,1-3H3,(H,21,23)/t10-,11+/m0/s1. The molecule has 1 N–H and O–H groups in total. The predicted octanol–water partition coefficient (Wildman–Crippen LogP) is 4.55. The molecular weight excluding hydrogens is 395 g/mol. The van der Waals surface area contributed by atoms with Crippen LogP contribution in [-0.2, 0) is 4.79 Å². The monoisotopic (exact) mass is 412 g/mol. The van der Waals surface area contributed by atoms with E-state index in [0.29, 0.717) is 15.6 Å². The zero-order chi connectivity index (χ0) is 20.1. The minimum Gasteiger partial charge on any atom is -0.493 e. The minimum atomic E-state index is -0.922. The van der Waals surface area contributed by atoms with Crippen LogP contribution in [0.5, 0.6) is 11.5 Å². The van der Waals surface area contributed by atoms with E-state index in [0.717, 1.165) is 0 Å². The topological polar surface area (TPSA) is 90.7 Å². The number of amides is 1.